The fourth-order valence-electron chi connectivity index (χ4n) is 5.71. The normalized spacial score (nSPS) is 29.0. The summed E-state index contributed by atoms with van der Waals surface area (Å²) < 4.78 is 31.0. The molecular formula is C25H32N2O13S. The average Bonchev–Trinajstić information content (AvgIpc) is 2.84. The molecule has 0 unspecified atom stereocenters. The van der Waals surface area contributed by atoms with Crippen LogP contribution >= 0.6 is 0 Å². The van der Waals surface area contributed by atoms with Gasteiger partial charge in [-0.25, -0.2) is 4.18 Å². The first-order valence-corrected chi connectivity index (χ1v) is 13.2. The summed E-state index contributed by atoms with van der Waals surface area (Å²) in [6.45, 7) is 4.64. The molecule has 3 aliphatic carbocycles. The van der Waals surface area contributed by atoms with Crippen molar-refractivity contribution in [1.82, 2.24) is 4.90 Å². The highest BCUT2D eigenvalue weighted by molar-refractivity contribution is 7.80. The van der Waals surface area contributed by atoms with E-state index in [1.54, 1.807) is 19.1 Å². The van der Waals surface area contributed by atoms with E-state index in [2.05, 4.69) is 10.8 Å². The molecule has 10 N–H and O–H groups in total. The Balaban J connectivity index is 0.000000574. The number of carbonyl (C=O) groups is 3. The fraction of sp³-hybridized carbons (Fsp3) is 0.400. The van der Waals surface area contributed by atoms with Gasteiger partial charge >= 0.3 is 10.4 Å². The van der Waals surface area contributed by atoms with Gasteiger partial charge in [-0.3, -0.25) is 23.8 Å². The highest BCUT2D eigenvalue weighted by Crippen LogP contribution is 2.55. The van der Waals surface area contributed by atoms with E-state index in [1.807, 2.05) is 0 Å². The number of rotatable bonds is 5. The second kappa shape index (κ2) is 11.7. The van der Waals surface area contributed by atoms with Gasteiger partial charge in [-0.15, -0.1) is 6.58 Å². The molecule has 0 radical (unpaired) electrons. The Bertz CT molecular complexity index is 1450. The van der Waals surface area contributed by atoms with Gasteiger partial charge in [-0.2, -0.15) is 8.42 Å². The van der Waals surface area contributed by atoms with Gasteiger partial charge in [0.25, 0.3) is 5.91 Å². The smallest absolute Gasteiger partial charge is 0.397 e. The van der Waals surface area contributed by atoms with Crippen LogP contribution in [0.15, 0.2) is 47.8 Å². The minimum Gasteiger partial charge on any atom is -0.508 e. The Kier molecular flexibility index (Phi) is 9.57. The number of hydrogen-bond donors (Lipinski definition) is 7. The first kappa shape index (κ1) is 33.6. The number of primary amides is 1. The van der Waals surface area contributed by atoms with E-state index in [0.29, 0.717) is 5.56 Å². The predicted octanol–water partition coefficient (Wildman–Crippen LogP) is -1.34. The van der Waals surface area contributed by atoms with Crippen LogP contribution in [0.25, 0.3) is 5.76 Å². The molecule has 1 amide bonds. The van der Waals surface area contributed by atoms with Crippen molar-refractivity contribution in [3.05, 3.63) is 58.9 Å². The van der Waals surface area contributed by atoms with Crippen LogP contribution < -0.4 is 5.73 Å². The van der Waals surface area contributed by atoms with E-state index in [9.17, 15) is 48.3 Å². The highest BCUT2D eigenvalue weighted by atomic mass is 32.3. The first-order valence-electron chi connectivity index (χ1n) is 11.8. The molecule has 0 heterocycles. The molecule has 3 aliphatic rings. The number of aromatic hydroxyl groups is 1. The molecule has 4 rings (SSSR count). The maximum Gasteiger partial charge on any atom is 0.397 e. The number of amides is 1. The molecule has 226 valence electrons. The van der Waals surface area contributed by atoms with Crippen molar-refractivity contribution in [2.75, 3.05) is 20.7 Å². The second-order valence-electron chi connectivity index (χ2n) is 9.79. The molecule has 0 aromatic heterocycles. The Hall–Kier alpha value is -3.64. The van der Waals surface area contributed by atoms with Crippen LogP contribution in [-0.4, -0.2) is 105 Å². The number of nitrogens with zero attached hydrogens (tertiary/aromatic N) is 1. The molecule has 0 spiro atoms. The highest BCUT2D eigenvalue weighted by Gasteiger charge is 2.68. The van der Waals surface area contributed by atoms with Gasteiger partial charge in [-0.1, -0.05) is 25.1 Å². The van der Waals surface area contributed by atoms with Gasteiger partial charge in [0.05, 0.1) is 30.2 Å². The minimum absolute atomic E-state index is 0. The average molecular weight is 601 g/mol. The summed E-state index contributed by atoms with van der Waals surface area (Å²) in [5, 5.41) is 54.9. The molecule has 0 aliphatic heterocycles. The third-order valence-corrected chi connectivity index (χ3v) is 7.76. The standard InChI is InChI=1S/C22H24N2O8.C3H6O4S.H2O/c1-7-8-5-4-6-9(25)11(8)16(26)12-10(7)17(27)14-15(24(2)3)18(28)13(21(23)31)20(30)22(14,32)19(12)29;1-2-3-7-8(4,5)6;/h4-7,10,14-15,17,25-27,30,32H,1-3H3,(H2,23,31);2H,1,3H2,(H,4,5,6);1H2/t7-,10+,14+,15-,17-,22-;;/m0../s1. The number of phenolic OH excluding ortho intramolecular Hbond substituents is 1. The summed E-state index contributed by atoms with van der Waals surface area (Å²) in [7, 11) is -1.34. The van der Waals surface area contributed by atoms with Crippen LogP contribution in [0.5, 0.6) is 5.75 Å². The number of fused-ring (bicyclic) bond motifs is 3. The van der Waals surface area contributed by atoms with E-state index >= 15 is 0 Å². The fourth-order valence-corrected chi connectivity index (χ4v) is 5.98. The molecule has 15 nitrogen and oxygen atoms in total. The summed E-state index contributed by atoms with van der Waals surface area (Å²) in [5.41, 5.74) is 1.47. The van der Waals surface area contributed by atoms with E-state index in [4.69, 9.17) is 10.3 Å². The lowest BCUT2D eigenvalue weighted by molar-refractivity contribution is -0.169. The molecule has 16 heteroatoms. The zero-order valence-corrected chi connectivity index (χ0v) is 23.0. The van der Waals surface area contributed by atoms with Gasteiger partial charge in [0.2, 0.25) is 5.78 Å². The summed E-state index contributed by atoms with van der Waals surface area (Å²) in [6.07, 6.45) is -0.374. The minimum atomic E-state index is -4.26. The lowest BCUT2D eigenvalue weighted by atomic mass is 9.54. The summed E-state index contributed by atoms with van der Waals surface area (Å²) in [5.74, 6) is -8.87. The summed E-state index contributed by atoms with van der Waals surface area (Å²) in [4.78, 5) is 40.0. The van der Waals surface area contributed by atoms with Crippen LogP contribution in [0.2, 0.25) is 0 Å². The third kappa shape index (κ3) is 5.38. The molecule has 1 saturated carbocycles. The predicted molar refractivity (Wildman–Crippen MR) is 142 cm³/mol. The second-order valence-corrected chi connectivity index (χ2v) is 10.9. The van der Waals surface area contributed by atoms with Crippen molar-refractivity contribution in [3.63, 3.8) is 0 Å². The number of ketones is 2. The Morgan fingerprint density at radius 2 is 1.80 bits per heavy atom. The topological polar surface area (TPSA) is 277 Å². The van der Waals surface area contributed by atoms with E-state index in [1.165, 1.54) is 31.1 Å². The zero-order chi connectivity index (χ0) is 30.5. The molecule has 1 fully saturated rings. The maximum absolute atomic E-state index is 13.7. The lowest BCUT2D eigenvalue weighted by Crippen LogP contribution is -2.70. The van der Waals surface area contributed by atoms with Gasteiger partial charge < -0.3 is 36.7 Å². The number of likely N-dealkylation sites (N-methyl/N-ethyl adjacent to an activating group) is 1. The number of nitrogens with two attached hydrogens (primary N) is 1. The number of aliphatic hydroxyl groups is 4. The first-order chi connectivity index (χ1) is 18.4. The van der Waals surface area contributed by atoms with Crippen molar-refractivity contribution < 1.29 is 62.5 Å². The van der Waals surface area contributed by atoms with Crippen LogP contribution in [-0.2, 0) is 29.0 Å². The molecule has 6 atom stereocenters. The van der Waals surface area contributed by atoms with E-state index in [0.717, 1.165) is 0 Å². The lowest BCUT2D eigenvalue weighted by Gasteiger charge is -2.53. The van der Waals surface area contributed by atoms with Crippen LogP contribution in [0.4, 0.5) is 0 Å². The SMILES string of the molecule is C=CCOS(=O)(=O)O.C[C@H]1c2cccc(O)c2C(O)=C2C(=O)[C@]3(O)C(O)=C(C(N)=O)C(=O)[C@@H](N(C)C)[C@@H]3[C@@H](O)[C@@H]21.O. The molecule has 41 heavy (non-hydrogen) atoms. The number of Topliss-reactive ketones (excluding diaryl/α,β-unsaturated/α-hetero) is 2. The Morgan fingerprint density at radius 1 is 1.22 bits per heavy atom. The van der Waals surface area contributed by atoms with Gasteiger partial charge in [0.15, 0.2) is 11.4 Å². The van der Waals surface area contributed by atoms with Crippen molar-refractivity contribution in [3.8, 4) is 5.75 Å². The van der Waals surface area contributed by atoms with Crippen molar-refractivity contribution in [2.45, 2.75) is 30.6 Å². The number of phenols is 1. The quantitative estimate of drug-likeness (QED) is 0.117. The van der Waals surface area contributed by atoms with Gasteiger partial charge in [0.1, 0.15) is 22.8 Å². The van der Waals surface area contributed by atoms with Gasteiger partial charge in [0, 0.05) is 11.5 Å². The van der Waals surface area contributed by atoms with Crippen molar-refractivity contribution in [2.24, 2.45) is 17.6 Å². The maximum atomic E-state index is 13.7. The summed E-state index contributed by atoms with van der Waals surface area (Å²) >= 11 is 0. The molecule has 0 bridgehead atoms. The largest absolute Gasteiger partial charge is 0.508 e. The third-order valence-electron chi connectivity index (χ3n) is 7.33. The molecule has 1 aromatic rings. The summed E-state index contributed by atoms with van der Waals surface area (Å²) in [6, 6.07) is 3.13. The van der Waals surface area contributed by atoms with Gasteiger partial charge in [-0.05, 0) is 31.6 Å². The molecule has 0 saturated heterocycles. The molecular weight excluding hydrogens is 568 g/mol. The van der Waals surface area contributed by atoms with Crippen LogP contribution in [0.1, 0.15) is 24.0 Å². The number of benzene rings is 1. The van der Waals surface area contributed by atoms with Crippen LogP contribution in [0, 0.1) is 11.8 Å². The monoisotopic (exact) mass is 600 g/mol. The number of aliphatic hydroxyl groups excluding tert-OH is 3. The van der Waals surface area contributed by atoms with E-state index < -0.39 is 86.0 Å². The van der Waals surface area contributed by atoms with Crippen LogP contribution in [0.3, 0.4) is 0 Å². The molecule has 1 aromatic carbocycles. The van der Waals surface area contributed by atoms with Crippen molar-refractivity contribution in [1.29, 1.82) is 0 Å². The van der Waals surface area contributed by atoms with Crippen molar-refractivity contribution >= 4 is 33.6 Å². The Labute approximate surface area is 234 Å². The Morgan fingerprint density at radius 3 is 2.27 bits per heavy atom. The van der Waals surface area contributed by atoms with E-state index in [-0.39, 0.29) is 23.4 Å². The number of hydrogen-bond acceptors (Lipinski definition) is 12. The number of carbonyl (C=O) groups excluding carboxylic acids is 3. The zero-order valence-electron chi connectivity index (χ0n) is 22.2.